The van der Waals surface area contributed by atoms with Crippen LogP contribution in [-0.4, -0.2) is 22.6 Å². The van der Waals surface area contributed by atoms with Crippen LogP contribution in [0.5, 0.6) is 11.5 Å². The number of methoxy groups -OCH3 is 2. The van der Waals surface area contributed by atoms with Crippen molar-refractivity contribution in [1.29, 1.82) is 0 Å². The van der Waals surface area contributed by atoms with E-state index in [9.17, 15) is 8.42 Å². The molecule has 0 aromatic heterocycles. The summed E-state index contributed by atoms with van der Waals surface area (Å²) in [5.41, 5.74) is 1.29. The van der Waals surface area contributed by atoms with Crippen molar-refractivity contribution in [1.82, 2.24) is 0 Å². The van der Waals surface area contributed by atoms with E-state index in [0.29, 0.717) is 22.2 Å². The molecule has 3 aromatic carbocycles. The Labute approximate surface area is 170 Å². The molecule has 0 saturated heterocycles. The molecular formula is C21H20ClNO4S. The predicted octanol–water partition coefficient (Wildman–Crippen LogP) is 4.75. The summed E-state index contributed by atoms with van der Waals surface area (Å²) >= 11 is 5.92. The van der Waals surface area contributed by atoms with Gasteiger partial charge < -0.3 is 9.47 Å². The normalized spacial score (nSPS) is 11.1. The number of halogens is 1. The van der Waals surface area contributed by atoms with Gasteiger partial charge >= 0.3 is 0 Å². The zero-order valence-corrected chi connectivity index (χ0v) is 17.1. The lowest BCUT2D eigenvalue weighted by atomic mass is 10.2. The third kappa shape index (κ3) is 4.40. The Kier molecular flexibility index (Phi) is 6.11. The highest BCUT2D eigenvalue weighted by molar-refractivity contribution is 7.92. The Morgan fingerprint density at radius 3 is 2.11 bits per heavy atom. The maximum atomic E-state index is 13.4. The van der Waals surface area contributed by atoms with Crippen molar-refractivity contribution >= 4 is 27.3 Å². The third-order valence-corrected chi connectivity index (χ3v) is 6.24. The molecule has 0 unspecified atom stereocenters. The molecule has 0 aliphatic rings. The van der Waals surface area contributed by atoms with Crippen molar-refractivity contribution in [2.24, 2.45) is 0 Å². The molecule has 0 aliphatic heterocycles. The first-order valence-corrected chi connectivity index (χ1v) is 10.3. The quantitative estimate of drug-likeness (QED) is 0.556. The molecule has 0 aliphatic carbocycles. The van der Waals surface area contributed by atoms with Gasteiger partial charge in [-0.25, -0.2) is 8.42 Å². The van der Waals surface area contributed by atoms with Crippen molar-refractivity contribution < 1.29 is 17.9 Å². The molecule has 0 fully saturated rings. The van der Waals surface area contributed by atoms with Gasteiger partial charge in [-0.1, -0.05) is 29.8 Å². The van der Waals surface area contributed by atoms with Gasteiger partial charge in [0.05, 0.1) is 31.3 Å². The van der Waals surface area contributed by atoms with Crippen molar-refractivity contribution in [2.45, 2.75) is 11.4 Å². The molecule has 7 heteroatoms. The number of benzene rings is 3. The smallest absolute Gasteiger partial charge is 0.264 e. The first-order valence-electron chi connectivity index (χ1n) is 8.49. The number of rotatable bonds is 7. The van der Waals surface area contributed by atoms with Gasteiger partial charge in [0.25, 0.3) is 10.0 Å². The average molecular weight is 418 g/mol. The van der Waals surface area contributed by atoms with Gasteiger partial charge in [-0.2, -0.15) is 0 Å². The summed E-state index contributed by atoms with van der Waals surface area (Å²) in [5, 5.41) is 0.472. The molecule has 0 spiro atoms. The second-order valence-corrected chi connectivity index (χ2v) is 8.32. The Bertz CT molecular complexity index is 1050. The monoisotopic (exact) mass is 417 g/mol. The summed E-state index contributed by atoms with van der Waals surface area (Å²) in [6.45, 7) is 0.134. The highest BCUT2D eigenvalue weighted by Crippen LogP contribution is 2.30. The van der Waals surface area contributed by atoms with E-state index in [2.05, 4.69) is 0 Å². The number of hydrogen-bond acceptors (Lipinski definition) is 4. The summed E-state index contributed by atoms with van der Waals surface area (Å²) in [6, 6.07) is 20.4. The van der Waals surface area contributed by atoms with E-state index in [0.717, 1.165) is 5.56 Å². The Morgan fingerprint density at radius 1 is 0.857 bits per heavy atom. The fourth-order valence-electron chi connectivity index (χ4n) is 2.75. The van der Waals surface area contributed by atoms with E-state index in [1.807, 2.05) is 24.3 Å². The van der Waals surface area contributed by atoms with Crippen molar-refractivity contribution in [3.63, 3.8) is 0 Å². The van der Waals surface area contributed by atoms with Crippen LogP contribution in [0.2, 0.25) is 5.02 Å². The van der Waals surface area contributed by atoms with Crippen LogP contribution >= 0.6 is 11.6 Å². The highest BCUT2D eigenvalue weighted by atomic mass is 35.5. The van der Waals surface area contributed by atoms with Gasteiger partial charge in [0, 0.05) is 11.1 Å². The Hall–Kier alpha value is -2.70. The minimum Gasteiger partial charge on any atom is -0.497 e. The number of hydrogen-bond donors (Lipinski definition) is 0. The van der Waals surface area contributed by atoms with Crippen LogP contribution < -0.4 is 13.8 Å². The molecule has 28 heavy (non-hydrogen) atoms. The van der Waals surface area contributed by atoms with Crippen LogP contribution in [-0.2, 0) is 16.6 Å². The van der Waals surface area contributed by atoms with Crippen LogP contribution in [0.4, 0.5) is 5.69 Å². The largest absolute Gasteiger partial charge is 0.497 e. The maximum Gasteiger partial charge on any atom is 0.264 e. The minimum atomic E-state index is -3.84. The summed E-state index contributed by atoms with van der Waals surface area (Å²) in [4.78, 5) is 0.155. The van der Waals surface area contributed by atoms with Crippen LogP contribution in [0.15, 0.2) is 77.7 Å². The van der Waals surface area contributed by atoms with Crippen LogP contribution in [0.25, 0.3) is 0 Å². The second kappa shape index (κ2) is 8.54. The molecule has 3 rings (SSSR count). The van der Waals surface area contributed by atoms with Gasteiger partial charge in [-0.3, -0.25) is 4.31 Å². The fraction of sp³-hybridized carbons (Fsp3) is 0.143. The summed E-state index contributed by atoms with van der Waals surface area (Å²) in [7, 11) is -0.722. The van der Waals surface area contributed by atoms with Crippen LogP contribution in [0.3, 0.4) is 0 Å². The Morgan fingerprint density at radius 2 is 1.46 bits per heavy atom. The van der Waals surface area contributed by atoms with Crippen molar-refractivity contribution in [2.75, 3.05) is 18.5 Å². The molecule has 0 heterocycles. The van der Waals surface area contributed by atoms with Gasteiger partial charge in [-0.15, -0.1) is 0 Å². The number of sulfonamides is 1. The van der Waals surface area contributed by atoms with Crippen LogP contribution in [0.1, 0.15) is 5.56 Å². The van der Waals surface area contributed by atoms with E-state index in [1.165, 1.54) is 16.4 Å². The second-order valence-electron chi connectivity index (χ2n) is 6.02. The lowest BCUT2D eigenvalue weighted by Gasteiger charge is -2.25. The lowest BCUT2D eigenvalue weighted by molar-refractivity contribution is 0.414. The van der Waals surface area contributed by atoms with Gasteiger partial charge in [0.1, 0.15) is 11.5 Å². The topological polar surface area (TPSA) is 55.8 Å². The molecule has 0 amide bonds. The maximum absolute atomic E-state index is 13.4. The Balaban J connectivity index is 2.08. The number of anilines is 1. The molecule has 0 radical (unpaired) electrons. The summed E-state index contributed by atoms with van der Waals surface area (Å²) in [6.07, 6.45) is 0. The summed E-state index contributed by atoms with van der Waals surface area (Å²) in [5.74, 6) is 1.23. The molecule has 0 N–H and O–H groups in total. The summed E-state index contributed by atoms with van der Waals surface area (Å²) < 4.78 is 38.7. The van der Waals surface area contributed by atoms with Gasteiger partial charge in [0.15, 0.2) is 0 Å². The van der Waals surface area contributed by atoms with Crippen molar-refractivity contribution in [3.8, 4) is 11.5 Å². The first kappa shape index (κ1) is 20.0. The minimum absolute atomic E-state index is 0.134. The van der Waals surface area contributed by atoms with E-state index in [4.69, 9.17) is 21.1 Å². The zero-order chi connectivity index (χ0) is 20.1. The molecule has 0 bridgehead atoms. The van der Waals surface area contributed by atoms with Gasteiger partial charge in [-0.05, 0) is 54.1 Å². The van der Waals surface area contributed by atoms with Gasteiger partial charge in [0.2, 0.25) is 0 Å². The van der Waals surface area contributed by atoms with Crippen LogP contribution in [0, 0.1) is 0 Å². The van der Waals surface area contributed by atoms with E-state index < -0.39 is 10.0 Å². The molecular weight excluding hydrogens is 398 g/mol. The molecule has 3 aromatic rings. The van der Waals surface area contributed by atoms with Crippen molar-refractivity contribution in [3.05, 3.63) is 83.4 Å². The third-order valence-electron chi connectivity index (χ3n) is 4.20. The van der Waals surface area contributed by atoms with E-state index >= 15 is 0 Å². The highest BCUT2D eigenvalue weighted by Gasteiger charge is 2.25. The molecule has 0 atom stereocenters. The first-order chi connectivity index (χ1) is 13.4. The standard InChI is InChI=1S/C21H20ClNO4S/c1-26-19-7-3-5-16(13-19)15-23(18-6-4-8-20(14-18)27-2)28(24,25)21-11-9-17(22)10-12-21/h3-14H,15H2,1-2H3. The lowest BCUT2D eigenvalue weighted by Crippen LogP contribution is -2.30. The predicted molar refractivity (Wildman–Crippen MR) is 111 cm³/mol. The number of ether oxygens (including phenoxy) is 2. The van der Waals surface area contributed by atoms with E-state index in [-0.39, 0.29) is 11.4 Å². The van der Waals surface area contributed by atoms with E-state index in [1.54, 1.807) is 50.6 Å². The SMILES string of the molecule is COc1cccc(CN(c2cccc(OC)c2)S(=O)(=O)c2ccc(Cl)cc2)c1. The molecule has 146 valence electrons. The molecule has 5 nitrogen and oxygen atoms in total. The fourth-order valence-corrected chi connectivity index (χ4v) is 4.32. The zero-order valence-electron chi connectivity index (χ0n) is 15.5. The average Bonchev–Trinajstić information content (AvgIpc) is 2.72. The molecule has 0 saturated carbocycles. The number of nitrogens with zero attached hydrogens (tertiary/aromatic N) is 1.